The van der Waals surface area contributed by atoms with Crippen LogP contribution in [0.25, 0.3) is 0 Å². The fourth-order valence-electron chi connectivity index (χ4n) is 3.68. The molecule has 0 saturated carbocycles. The third-order valence-corrected chi connectivity index (χ3v) is 5.07. The zero-order valence-electron chi connectivity index (χ0n) is 19.2. The molecule has 1 fully saturated rings. The highest BCUT2D eigenvalue weighted by Crippen LogP contribution is 2.33. The zero-order valence-corrected chi connectivity index (χ0v) is 19.2. The van der Waals surface area contributed by atoms with Gasteiger partial charge < -0.3 is 18.9 Å². The normalized spacial score (nSPS) is 21.2. The Kier molecular flexibility index (Phi) is 7.97. The van der Waals surface area contributed by atoms with Gasteiger partial charge in [-0.3, -0.25) is 28.5 Å². The fourth-order valence-corrected chi connectivity index (χ4v) is 3.68. The van der Waals surface area contributed by atoms with Gasteiger partial charge in [0.2, 0.25) is 5.91 Å². The number of carbonyl (C=O) groups excluding carboxylic acids is 4. The van der Waals surface area contributed by atoms with E-state index in [2.05, 4.69) is 0 Å². The van der Waals surface area contributed by atoms with Crippen molar-refractivity contribution in [1.29, 1.82) is 0 Å². The van der Waals surface area contributed by atoms with Crippen molar-refractivity contribution in [1.82, 2.24) is 9.13 Å². The fraction of sp³-hybridized carbons (Fsp3) is 0.391. The molecule has 186 valence electrons. The molecule has 0 unspecified atom stereocenters. The molecular weight excluding hydrogens is 464 g/mol. The molecule has 12 heteroatoms. The largest absolute Gasteiger partial charge is 0.463 e. The van der Waals surface area contributed by atoms with Crippen molar-refractivity contribution in [3.05, 3.63) is 69.0 Å². The second kappa shape index (κ2) is 10.9. The van der Waals surface area contributed by atoms with Crippen molar-refractivity contribution in [3.8, 4) is 0 Å². The molecule has 0 aliphatic carbocycles. The van der Waals surface area contributed by atoms with Gasteiger partial charge in [-0.1, -0.05) is 30.3 Å². The molecule has 1 aliphatic heterocycles. The molecule has 2 heterocycles. The summed E-state index contributed by atoms with van der Waals surface area (Å²) >= 11 is 0. The lowest BCUT2D eigenvalue weighted by Gasteiger charge is -2.24. The van der Waals surface area contributed by atoms with Gasteiger partial charge in [0.25, 0.3) is 5.56 Å². The molecule has 2 aromatic rings. The molecule has 3 rings (SSSR count). The molecule has 0 radical (unpaired) electrons. The van der Waals surface area contributed by atoms with E-state index in [1.165, 1.54) is 0 Å². The summed E-state index contributed by atoms with van der Waals surface area (Å²) in [5, 5.41) is 0. The van der Waals surface area contributed by atoms with Gasteiger partial charge in [0, 0.05) is 33.0 Å². The number of aromatic nitrogens is 2. The second-order valence-corrected chi connectivity index (χ2v) is 7.75. The molecule has 4 atom stereocenters. The van der Waals surface area contributed by atoms with E-state index in [-0.39, 0.29) is 13.0 Å². The molecule has 12 nitrogen and oxygen atoms in total. The topological polar surface area (TPSA) is 149 Å². The summed E-state index contributed by atoms with van der Waals surface area (Å²) in [6.45, 7) is 3.02. The maximum absolute atomic E-state index is 13.2. The molecule has 35 heavy (non-hydrogen) atoms. The zero-order chi connectivity index (χ0) is 25.7. The van der Waals surface area contributed by atoms with Crippen LogP contribution in [0.5, 0.6) is 0 Å². The number of hydrogen-bond acceptors (Lipinski definition) is 10. The van der Waals surface area contributed by atoms with Crippen LogP contribution in [0, 0.1) is 0 Å². The van der Waals surface area contributed by atoms with Gasteiger partial charge in [0.15, 0.2) is 18.4 Å². The minimum absolute atomic E-state index is 0.218. The highest BCUT2D eigenvalue weighted by atomic mass is 16.7. The third-order valence-electron chi connectivity index (χ3n) is 5.07. The smallest absolute Gasteiger partial charge is 0.340 e. The molecule has 0 amide bonds. The number of nitrogens with zero attached hydrogens (tertiary/aromatic N) is 2. The van der Waals surface area contributed by atoms with Crippen molar-refractivity contribution in [2.75, 3.05) is 6.61 Å². The summed E-state index contributed by atoms with van der Waals surface area (Å²) in [5.41, 5.74) is -1.32. The molecule has 0 bridgehead atoms. The number of rotatable bonds is 7. The summed E-state index contributed by atoms with van der Waals surface area (Å²) in [4.78, 5) is 73.3. The number of hydrogen-bond donors (Lipinski definition) is 0. The average molecular weight is 488 g/mol. The maximum atomic E-state index is 13.2. The van der Waals surface area contributed by atoms with Crippen LogP contribution in [0.3, 0.4) is 0 Å². The van der Waals surface area contributed by atoms with E-state index in [0.717, 1.165) is 37.6 Å². The van der Waals surface area contributed by atoms with Crippen LogP contribution in [0.4, 0.5) is 0 Å². The number of benzene rings is 1. The van der Waals surface area contributed by atoms with E-state index in [1.54, 1.807) is 30.3 Å². The quantitative estimate of drug-likeness (QED) is 0.391. The summed E-state index contributed by atoms with van der Waals surface area (Å²) in [6, 6.07) is 9.51. The van der Waals surface area contributed by atoms with Crippen molar-refractivity contribution in [2.45, 2.75) is 51.7 Å². The van der Waals surface area contributed by atoms with Crippen LogP contribution in [0.15, 0.2) is 52.2 Å². The molecule has 1 saturated heterocycles. The van der Waals surface area contributed by atoms with E-state index in [4.69, 9.17) is 18.9 Å². The van der Waals surface area contributed by atoms with Crippen LogP contribution >= 0.6 is 0 Å². The van der Waals surface area contributed by atoms with E-state index >= 15 is 0 Å². The van der Waals surface area contributed by atoms with Crippen molar-refractivity contribution in [3.63, 3.8) is 0 Å². The lowest BCUT2D eigenvalue weighted by molar-refractivity contribution is -0.166. The molecular formula is C23H24N2O10. The SMILES string of the molecule is CC(=O)OC[C@H]1O[C@@H](n2ccc(=O)n(C(=O)Cc3ccccc3)c2=O)[C@H](OC(C)=O)[C@@H]1OC(C)=O. The minimum Gasteiger partial charge on any atom is -0.463 e. The van der Waals surface area contributed by atoms with Crippen molar-refractivity contribution < 1.29 is 38.1 Å². The predicted octanol–water partition coefficient (Wildman–Crippen LogP) is 0.217. The van der Waals surface area contributed by atoms with E-state index < -0.39 is 59.6 Å². The number of ether oxygens (including phenoxy) is 4. The van der Waals surface area contributed by atoms with Crippen LogP contribution in [0.2, 0.25) is 0 Å². The van der Waals surface area contributed by atoms with Crippen molar-refractivity contribution in [2.24, 2.45) is 0 Å². The van der Waals surface area contributed by atoms with E-state index in [0.29, 0.717) is 10.1 Å². The van der Waals surface area contributed by atoms with Crippen LogP contribution in [-0.4, -0.2) is 57.9 Å². The Morgan fingerprint density at radius 1 is 0.886 bits per heavy atom. The first-order valence-electron chi connectivity index (χ1n) is 10.6. The second-order valence-electron chi connectivity index (χ2n) is 7.75. The Bertz CT molecular complexity index is 1230. The van der Waals surface area contributed by atoms with Gasteiger partial charge in [0.1, 0.15) is 12.7 Å². The van der Waals surface area contributed by atoms with Gasteiger partial charge >= 0.3 is 23.6 Å². The van der Waals surface area contributed by atoms with Crippen LogP contribution in [-0.2, 0) is 39.8 Å². The Hall–Kier alpha value is -4.06. The predicted molar refractivity (Wildman–Crippen MR) is 117 cm³/mol. The molecule has 1 aromatic heterocycles. The van der Waals surface area contributed by atoms with Gasteiger partial charge in [0.05, 0.1) is 6.42 Å². The van der Waals surface area contributed by atoms with Gasteiger partial charge in [-0.05, 0) is 5.56 Å². The lowest BCUT2D eigenvalue weighted by Crippen LogP contribution is -2.47. The third kappa shape index (κ3) is 6.09. The summed E-state index contributed by atoms with van der Waals surface area (Å²) in [5.74, 6) is -2.93. The first-order chi connectivity index (χ1) is 16.6. The number of carbonyl (C=O) groups is 4. The lowest BCUT2D eigenvalue weighted by atomic mass is 10.1. The highest BCUT2D eigenvalue weighted by Gasteiger charge is 2.51. The molecule has 1 aliphatic rings. The Labute approximate surface area is 199 Å². The van der Waals surface area contributed by atoms with E-state index in [9.17, 15) is 28.8 Å². The minimum atomic E-state index is -1.40. The van der Waals surface area contributed by atoms with Gasteiger partial charge in [-0.25, -0.2) is 4.79 Å². The van der Waals surface area contributed by atoms with E-state index in [1.807, 2.05) is 0 Å². The van der Waals surface area contributed by atoms with Crippen molar-refractivity contribution >= 4 is 23.8 Å². The molecule has 0 spiro atoms. The first kappa shape index (κ1) is 25.6. The monoisotopic (exact) mass is 488 g/mol. The van der Waals surface area contributed by atoms with Crippen LogP contribution in [0.1, 0.15) is 37.4 Å². The average Bonchev–Trinajstić information content (AvgIpc) is 3.08. The Morgan fingerprint density at radius 3 is 2.11 bits per heavy atom. The number of esters is 3. The van der Waals surface area contributed by atoms with Gasteiger partial charge in [-0.2, -0.15) is 4.57 Å². The maximum Gasteiger partial charge on any atom is 0.340 e. The van der Waals surface area contributed by atoms with Crippen LogP contribution < -0.4 is 11.2 Å². The standard InChI is InChI=1S/C23H24N2O10/c1-13(26)32-12-17-20(33-14(2)27)21(34-15(3)28)22(35-17)24-10-9-18(29)25(23(24)31)19(30)11-16-7-5-4-6-8-16/h4-10,17,20-22H,11-12H2,1-3H3/t17-,20-,21-,22-/m1/s1. The van der Waals surface area contributed by atoms with Gasteiger partial charge in [-0.15, -0.1) is 0 Å². The summed E-state index contributed by atoms with van der Waals surface area (Å²) < 4.78 is 22.7. The first-order valence-corrected chi connectivity index (χ1v) is 10.6. The summed E-state index contributed by atoms with van der Waals surface area (Å²) in [7, 11) is 0. The molecule has 1 aromatic carbocycles. The Morgan fingerprint density at radius 2 is 1.51 bits per heavy atom. The summed E-state index contributed by atoms with van der Waals surface area (Å²) in [6.07, 6.45) is -4.23. The molecule has 0 N–H and O–H groups in total. The Balaban J connectivity index is 2.02. The highest BCUT2D eigenvalue weighted by molar-refractivity contribution is 5.80.